The molecule has 0 unspecified atom stereocenters. The van der Waals surface area contributed by atoms with Gasteiger partial charge in [-0.15, -0.1) is 11.6 Å². The Morgan fingerprint density at radius 1 is 1.26 bits per heavy atom. The number of nitrogens with zero attached hydrogens (tertiary/aromatic N) is 4. The standard InChI is InChI=1S/C15H13ClIN5S/c16-6-22-14-12(13(18)19-7-20-14)21-15(22)23-11-5-9-3-1-2-8(9)4-10(11)17/h4-5,7H,1-3,6H2,(H2,18,19,20). The molecule has 23 heavy (non-hydrogen) atoms. The highest BCUT2D eigenvalue weighted by Gasteiger charge is 2.18. The Kier molecular flexibility index (Phi) is 4.10. The van der Waals surface area contributed by atoms with Crippen molar-refractivity contribution in [2.75, 3.05) is 5.73 Å². The van der Waals surface area contributed by atoms with Crippen molar-refractivity contribution >= 4 is 62.9 Å². The summed E-state index contributed by atoms with van der Waals surface area (Å²) in [5, 5.41) is 0.790. The van der Waals surface area contributed by atoms with Crippen LogP contribution in [0.25, 0.3) is 11.2 Å². The fourth-order valence-electron chi connectivity index (χ4n) is 2.87. The molecule has 1 aromatic carbocycles. The zero-order valence-electron chi connectivity index (χ0n) is 12.1. The smallest absolute Gasteiger partial charge is 0.176 e. The molecule has 0 spiro atoms. The Bertz CT molecular complexity index is 911. The van der Waals surface area contributed by atoms with E-state index in [1.54, 1.807) is 11.8 Å². The van der Waals surface area contributed by atoms with Crippen molar-refractivity contribution in [1.82, 2.24) is 19.5 Å². The summed E-state index contributed by atoms with van der Waals surface area (Å²) < 4.78 is 3.10. The molecule has 0 saturated carbocycles. The highest BCUT2D eigenvalue weighted by atomic mass is 127. The summed E-state index contributed by atoms with van der Waals surface area (Å²) >= 11 is 10.1. The lowest BCUT2D eigenvalue weighted by molar-refractivity contribution is 0.782. The van der Waals surface area contributed by atoms with Crippen LogP contribution in [0.15, 0.2) is 28.5 Å². The number of imidazole rings is 1. The number of alkyl halides is 1. The molecule has 1 aliphatic rings. The molecule has 0 amide bonds. The molecule has 8 heteroatoms. The Balaban J connectivity index is 1.80. The van der Waals surface area contributed by atoms with Gasteiger partial charge in [0.2, 0.25) is 0 Å². The molecular weight excluding hydrogens is 445 g/mol. The summed E-state index contributed by atoms with van der Waals surface area (Å²) in [5.74, 6) is 0.379. The SMILES string of the molecule is Nc1ncnc2c1nc(Sc1cc3c(cc1I)CCC3)n2CCl. The van der Waals surface area contributed by atoms with E-state index in [1.807, 2.05) is 4.57 Å². The summed E-state index contributed by atoms with van der Waals surface area (Å²) in [6.07, 6.45) is 5.02. The number of rotatable bonds is 3. The number of hydrogen-bond donors (Lipinski definition) is 1. The number of fused-ring (bicyclic) bond motifs is 2. The molecule has 0 radical (unpaired) electrons. The molecule has 0 atom stereocenters. The van der Waals surface area contributed by atoms with Crippen LogP contribution in [-0.2, 0) is 18.8 Å². The molecule has 118 valence electrons. The molecule has 0 saturated heterocycles. The lowest BCUT2D eigenvalue weighted by Crippen LogP contribution is -1.98. The maximum Gasteiger partial charge on any atom is 0.176 e. The third-order valence-corrected chi connectivity index (χ3v) is 6.54. The minimum absolute atomic E-state index is 0.275. The van der Waals surface area contributed by atoms with Crippen molar-refractivity contribution < 1.29 is 0 Å². The van der Waals surface area contributed by atoms with Crippen molar-refractivity contribution in [3.63, 3.8) is 0 Å². The number of nitrogens with two attached hydrogens (primary N) is 1. The second-order valence-corrected chi connectivity index (χ2v) is 7.79. The van der Waals surface area contributed by atoms with Crippen molar-refractivity contribution in [1.29, 1.82) is 0 Å². The predicted octanol–water partition coefficient (Wildman–Crippen LogP) is 3.85. The van der Waals surface area contributed by atoms with Gasteiger partial charge in [0.05, 0.1) is 0 Å². The molecule has 0 bridgehead atoms. The minimum atomic E-state index is 0.275. The van der Waals surface area contributed by atoms with Crippen LogP contribution in [0.2, 0.25) is 0 Å². The lowest BCUT2D eigenvalue weighted by atomic mass is 10.1. The van der Waals surface area contributed by atoms with Gasteiger partial charge in [-0.1, -0.05) is 11.8 Å². The molecule has 2 N–H and O–H groups in total. The third-order valence-electron chi connectivity index (χ3n) is 3.99. The Morgan fingerprint density at radius 3 is 2.83 bits per heavy atom. The van der Waals surface area contributed by atoms with Crippen molar-refractivity contribution in [3.8, 4) is 0 Å². The monoisotopic (exact) mass is 457 g/mol. The van der Waals surface area contributed by atoms with Gasteiger partial charge in [-0.25, -0.2) is 15.0 Å². The van der Waals surface area contributed by atoms with Crippen LogP contribution in [0, 0.1) is 3.57 Å². The molecule has 0 fully saturated rings. The molecule has 2 aromatic heterocycles. The third kappa shape index (κ3) is 2.68. The Morgan fingerprint density at radius 2 is 2.04 bits per heavy atom. The maximum absolute atomic E-state index is 6.11. The number of benzene rings is 1. The normalized spacial score (nSPS) is 13.7. The Labute approximate surface area is 156 Å². The van der Waals surface area contributed by atoms with E-state index in [1.165, 1.54) is 38.8 Å². The van der Waals surface area contributed by atoms with Crippen molar-refractivity contribution in [3.05, 3.63) is 33.2 Å². The molecule has 4 rings (SSSR count). The fraction of sp³-hybridized carbons (Fsp3) is 0.267. The molecule has 3 aromatic rings. The van der Waals surface area contributed by atoms with Crippen LogP contribution in [0.5, 0.6) is 0 Å². The van der Waals surface area contributed by atoms with Crippen LogP contribution in [0.4, 0.5) is 5.82 Å². The largest absolute Gasteiger partial charge is 0.382 e. The highest BCUT2D eigenvalue weighted by molar-refractivity contribution is 14.1. The zero-order chi connectivity index (χ0) is 16.0. The van der Waals surface area contributed by atoms with E-state index < -0.39 is 0 Å². The summed E-state index contributed by atoms with van der Waals surface area (Å²) in [4.78, 5) is 14.1. The van der Waals surface area contributed by atoms with E-state index in [0.29, 0.717) is 17.0 Å². The van der Waals surface area contributed by atoms with Crippen molar-refractivity contribution in [2.45, 2.75) is 35.3 Å². The van der Waals surface area contributed by atoms with E-state index in [9.17, 15) is 0 Å². The number of nitrogen functional groups attached to an aromatic ring is 1. The average Bonchev–Trinajstić information content (AvgIpc) is 3.12. The first-order chi connectivity index (χ1) is 11.2. The summed E-state index contributed by atoms with van der Waals surface area (Å²) in [7, 11) is 0. The van der Waals surface area contributed by atoms with E-state index in [4.69, 9.17) is 17.3 Å². The van der Waals surface area contributed by atoms with Crippen LogP contribution >= 0.6 is 46.0 Å². The first-order valence-electron chi connectivity index (χ1n) is 7.19. The first kappa shape index (κ1) is 15.5. The van der Waals surface area contributed by atoms with E-state index in [0.717, 1.165) is 11.6 Å². The zero-order valence-corrected chi connectivity index (χ0v) is 15.8. The van der Waals surface area contributed by atoms with Crippen LogP contribution in [0.1, 0.15) is 17.5 Å². The summed E-state index contributed by atoms with van der Waals surface area (Å²) in [6.45, 7) is 0. The van der Waals surface area contributed by atoms with Gasteiger partial charge in [0, 0.05) is 8.47 Å². The fourth-order valence-corrected chi connectivity index (χ4v) is 4.98. The topological polar surface area (TPSA) is 69.6 Å². The number of aryl methyl sites for hydroxylation is 2. The van der Waals surface area contributed by atoms with Gasteiger partial charge in [0.1, 0.15) is 12.3 Å². The molecular formula is C15H13ClIN5S. The number of hydrogen-bond acceptors (Lipinski definition) is 5. The van der Waals surface area contributed by atoms with E-state index >= 15 is 0 Å². The molecule has 1 aliphatic carbocycles. The van der Waals surface area contributed by atoms with Crippen molar-refractivity contribution in [2.24, 2.45) is 0 Å². The number of halogens is 2. The number of aromatic nitrogens is 4. The average molecular weight is 458 g/mol. The van der Waals surface area contributed by atoms with E-state index in [2.05, 4.69) is 49.7 Å². The predicted molar refractivity (Wildman–Crippen MR) is 101 cm³/mol. The molecule has 2 heterocycles. The van der Waals surface area contributed by atoms with Gasteiger partial charge in [0.15, 0.2) is 22.1 Å². The van der Waals surface area contributed by atoms with Crippen LogP contribution in [0.3, 0.4) is 0 Å². The second-order valence-electron chi connectivity index (χ2n) is 5.38. The lowest BCUT2D eigenvalue weighted by Gasteiger charge is -2.08. The number of anilines is 1. The molecule has 5 nitrogen and oxygen atoms in total. The summed E-state index contributed by atoms with van der Waals surface area (Å²) in [5.41, 5.74) is 10.1. The van der Waals surface area contributed by atoms with Gasteiger partial charge in [-0.2, -0.15) is 0 Å². The van der Waals surface area contributed by atoms with E-state index in [-0.39, 0.29) is 6.00 Å². The molecule has 0 aliphatic heterocycles. The second kappa shape index (κ2) is 6.10. The highest BCUT2D eigenvalue weighted by Crippen LogP contribution is 2.37. The Hall–Kier alpha value is -1.06. The maximum atomic E-state index is 6.11. The first-order valence-corrected chi connectivity index (χ1v) is 9.62. The minimum Gasteiger partial charge on any atom is -0.382 e. The van der Waals surface area contributed by atoms with Crippen LogP contribution < -0.4 is 5.73 Å². The summed E-state index contributed by atoms with van der Waals surface area (Å²) in [6, 6.07) is 4.84. The van der Waals surface area contributed by atoms with Gasteiger partial charge < -0.3 is 5.73 Å². The van der Waals surface area contributed by atoms with Crippen LogP contribution in [-0.4, -0.2) is 19.5 Å². The van der Waals surface area contributed by atoms with Gasteiger partial charge in [-0.05, 0) is 65.1 Å². The van der Waals surface area contributed by atoms with Gasteiger partial charge in [-0.3, -0.25) is 4.57 Å². The quantitative estimate of drug-likeness (QED) is 0.478. The van der Waals surface area contributed by atoms with Gasteiger partial charge in [0.25, 0.3) is 0 Å². The van der Waals surface area contributed by atoms with Gasteiger partial charge >= 0.3 is 0 Å².